The fraction of sp³-hybridized carbons (Fsp3) is 0.133. The molecule has 0 aliphatic carbocycles. The van der Waals surface area contributed by atoms with Crippen molar-refractivity contribution in [3.8, 4) is 0 Å². The van der Waals surface area contributed by atoms with Crippen LogP contribution in [0.2, 0.25) is 0 Å². The third-order valence-corrected chi connectivity index (χ3v) is 4.12. The molecule has 110 valence electrons. The van der Waals surface area contributed by atoms with Gasteiger partial charge in [-0.1, -0.05) is 23.8 Å². The van der Waals surface area contributed by atoms with Crippen molar-refractivity contribution in [2.24, 2.45) is 5.14 Å². The van der Waals surface area contributed by atoms with Crippen molar-refractivity contribution in [1.29, 1.82) is 0 Å². The molecule has 1 amide bonds. The second kappa shape index (κ2) is 5.67. The van der Waals surface area contributed by atoms with Crippen LogP contribution >= 0.6 is 0 Å². The minimum absolute atomic E-state index is 0.00389. The van der Waals surface area contributed by atoms with Gasteiger partial charge in [-0.05, 0) is 43.7 Å². The molecular weight excluding hydrogens is 288 g/mol. The van der Waals surface area contributed by atoms with E-state index in [1.807, 2.05) is 19.1 Å². The lowest BCUT2D eigenvalue weighted by Crippen LogP contribution is -2.16. The number of primary sulfonamides is 1. The molecule has 0 radical (unpaired) electrons. The summed E-state index contributed by atoms with van der Waals surface area (Å²) in [5, 5.41) is 7.80. The minimum Gasteiger partial charge on any atom is -0.322 e. The summed E-state index contributed by atoms with van der Waals surface area (Å²) < 4.78 is 22.9. The lowest BCUT2D eigenvalue weighted by atomic mass is 10.1. The fourth-order valence-corrected chi connectivity index (χ4v) is 2.70. The zero-order chi connectivity index (χ0) is 15.6. The second-order valence-electron chi connectivity index (χ2n) is 4.85. The van der Waals surface area contributed by atoms with Crippen LogP contribution in [-0.2, 0) is 10.0 Å². The molecule has 0 fully saturated rings. The Bertz CT molecular complexity index is 781. The molecule has 0 bridgehead atoms. The van der Waals surface area contributed by atoms with Gasteiger partial charge in [0.25, 0.3) is 5.91 Å². The van der Waals surface area contributed by atoms with Gasteiger partial charge in [0.2, 0.25) is 10.0 Å². The zero-order valence-electron chi connectivity index (χ0n) is 11.8. The van der Waals surface area contributed by atoms with Gasteiger partial charge in [-0.15, -0.1) is 0 Å². The summed E-state index contributed by atoms with van der Waals surface area (Å²) in [6.07, 6.45) is 0. The van der Waals surface area contributed by atoms with Crippen molar-refractivity contribution in [2.75, 3.05) is 5.32 Å². The Hall–Kier alpha value is -2.18. The van der Waals surface area contributed by atoms with Crippen molar-refractivity contribution < 1.29 is 13.2 Å². The van der Waals surface area contributed by atoms with E-state index in [0.717, 1.165) is 5.56 Å². The summed E-state index contributed by atoms with van der Waals surface area (Å²) in [5.41, 5.74) is 2.47. The van der Waals surface area contributed by atoms with Crippen molar-refractivity contribution in [1.82, 2.24) is 0 Å². The number of sulfonamides is 1. The van der Waals surface area contributed by atoms with Gasteiger partial charge in [-0.25, -0.2) is 13.6 Å². The van der Waals surface area contributed by atoms with E-state index in [-0.39, 0.29) is 10.8 Å². The van der Waals surface area contributed by atoms with Gasteiger partial charge < -0.3 is 5.32 Å². The van der Waals surface area contributed by atoms with Crippen LogP contribution in [0.5, 0.6) is 0 Å². The molecular formula is C15H16N2O3S. The third kappa shape index (κ3) is 3.68. The van der Waals surface area contributed by atoms with Crippen molar-refractivity contribution in [3.05, 3.63) is 59.2 Å². The zero-order valence-corrected chi connectivity index (χ0v) is 12.6. The summed E-state index contributed by atoms with van der Waals surface area (Å²) in [4.78, 5) is 12.1. The Morgan fingerprint density at radius 3 is 2.24 bits per heavy atom. The Morgan fingerprint density at radius 1 is 1.05 bits per heavy atom. The molecule has 2 aromatic carbocycles. The van der Waals surface area contributed by atoms with Crippen LogP contribution in [-0.4, -0.2) is 14.3 Å². The Morgan fingerprint density at radius 2 is 1.67 bits per heavy atom. The number of nitrogens with two attached hydrogens (primary N) is 1. The minimum atomic E-state index is -3.81. The first-order valence-corrected chi connectivity index (χ1v) is 7.83. The van der Waals surface area contributed by atoms with Gasteiger partial charge in [-0.2, -0.15) is 0 Å². The van der Waals surface area contributed by atoms with Crippen LogP contribution in [0.1, 0.15) is 21.5 Å². The molecule has 3 N–H and O–H groups in total. The highest BCUT2D eigenvalue weighted by Crippen LogP contribution is 2.19. The molecule has 21 heavy (non-hydrogen) atoms. The van der Waals surface area contributed by atoms with Gasteiger partial charge >= 0.3 is 0 Å². The number of carbonyl (C=O) groups is 1. The Kier molecular flexibility index (Phi) is 4.11. The molecule has 2 rings (SSSR count). The number of benzene rings is 2. The van der Waals surface area contributed by atoms with E-state index in [0.29, 0.717) is 16.8 Å². The maximum absolute atomic E-state index is 12.1. The molecule has 0 heterocycles. The highest BCUT2D eigenvalue weighted by molar-refractivity contribution is 7.89. The van der Waals surface area contributed by atoms with E-state index in [1.165, 1.54) is 6.07 Å². The van der Waals surface area contributed by atoms with E-state index in [1.54, 1.807) is 31.2 Å². The predicted molar refractivity (Wildman–Crippen MR) is 81.7 cm³/mol. The lowest BCUT2D eigenvalue weighted by molar-refractivity contribution is 0.102. The standard InChI is InChI=1S/C15H16N2O3S/c1-10-3-6-12(7-4-10)15(18)17-13-8-5-11(2)14(9-13)21(16,19)20/h3-9H,1-2H3,(H,17,18)(H2,16,19,20). The van der Waals surface area contributed by atoms with Crippen LogP contribution in [0.4, 0.5) is 5.69 Å². The third-order valence-electron chi connectivity index (χ3n) is 3.07. The van der Waals surface area contributed by atoms with Crippen molar-refractivity contribution >= 4 is 21.6 Å². The molecule has 5 nitrogen and oxygen atoms in total. The quantitative estimate of drug-likeness (QED) is 0.911. The molecule has 0 unspecified atom stereocenters. The molecule has 0 aromatic heterocycles. The van der Waals surface area contributed by atoms with Crippen LogP contribution in [0.25, 0.3) is 0 Å². The molecule has 6 heteroatoms. The number of anilines is 1. The van der Waals surface area contributed by atoms with Gasteiger partial charge in [0.1, 0.15) is 0 Å². The first kappa shape index (κ1) is 15.2. The second-order valence-corrected chi connectivity index (χ2v) is 6.38. The van der Waals surface area contributed by atoms with Crippen LogP contribution in [0.3, 0.4) is 0 Å². The average molecular weight is 304 g/mol. The van der Waals surface area contributed by atoms with Crippen molar-refractivity contribution in [3.63, 3.8) is 0 Å². The van der Waals surface area contributed by atoms with E-state index in [2.05, 4.69) is 5.32 Å². The number of aryl methyl sites for hydroxylation is 2. The summed E-state index contributed by atoms with van der Waals surface area (Å²) in [6, 6.07) is 11.7. The van der Waals surface area contributed by atoms with E-state index in [4.69, 9.17) is 5.14 Å². The van der Waals surface area contributed by atoms with Crippen LogP contribution < -0.4 is 10.5 Å². The van der Waals surface area contributed by atoms with E-state index < -0.39 is 10.0 Å². The number of carbonyl (C=O) groups excluding carboxylic acids is 1. The van der Waals surface area contributed by atoms with Gasteiger partial charge in [0.05, 0.1) is 4.90 Å². The number of rotatable bonds is 3. The maximum Gasteiger partial charge on any atom is 0.255 e. The van der Waals surface area contributed by atoms with Gasteiger partial charge in [0.15, 0.2) is 0 Å². The van der Waals surface area contributed by atoms with E-state index in [9.17, 15) is 13.2 Å². The molecule has 0 saturated heterocycles. The monoisotopic (exact) mass is 304 g/mol. The highest BCUT2D eigenvalue weighted by Gasteiger charge is 2.13. The number of hydrogen-bond acceptors (Lipinski definition) is 3. The smallest absolute Gasteiger partial charge is 0.255 e. The molecule has 0 saturated carbocycles. The molecule has 0 spiro atoms. The molecule has 0 aliphatic rings. The first-order valence-electron chi connectivity index (χ1n) is 6.29. The predicted octanol–water partition coefficient (Wildman–Crippen LogP) is 2.20. The van der Waals surface area contributed by atoms with Gasteiger partial charge in [0, 0.05) is 11.3 Å². The van der Waals surface area contributed by atoms with E-state index >= 15 is 0 Å². The Balaban J connectivity index is 2.28. The topological polar surface area (TPSA) is 89.3 Å². The van der Waals surface area contributed by atoms with Gasteiger partial charge in [-0.3, -0.25) is 4.79 Å². The number of nitrogens with one attached hydrogen (secondary N) is 1. The molecule has 0 atom stereocenters. The lowest BCUT2D eigenvalue weighted by Gasteiger charge is -2.09. The number of hydrogen-bond donors (Lipinski definition) is 2. The number of amides is 1. The summed E-state index contributed by atoms with van der Waals surface area (Å²) in [6.45, 7) is 3.57. The average Bonchev–Trinajstić information content (AvgIpc) is 2.40. The maximum atomic E-state index is 12.1. The van der Waals surface area contributed by atoms with Crippen molar-refractivity contribution in [2.45, 2.75) is 18.7 Å². The normalized spacial score (nSPS) is 11.2. The molecule has 0 aliphatic heterocycles. The largest absolute Gasteiger partial charge is 0.322 e. The van der Waals surface area contributed by atoms with Crippen LogP contribution in [0.15, 0.2) is 47.4 Å². The Labute approximate surface area is 123 Å². The molecule has 2 aromatic rings. The summed E-state index contributed by atoms with van der Waals surface area (Å²) in [7, 11) is -3.81. The summed E-state index contributed by atoms with van der Waals surface area (Å²) >= 11 is 0. The summed E-state index contributed by atoms with van der Waals surface area (Å²) in [5.74, 6) is -0.306. The first-order chi connectivity index (χ1) is 9.77. The van der Waals surface area contributed by atoms with Crippen LogP contribution in [0, 0.1) is 13.8 Å². The fourth-order valence-electron chi connectivity index (χ4n) is 1.89. The SMILES string of the molecule is Cc1ccc(C(=O)Nc2ccc(C)c(S(N)(=O)=O)c2)cc1. The highest BCUT2D eigenvalue weighted by atomic mass is 32.2.